The van der Waals surface area contributed by atoms with E-state index in [0.717, 1.165) is 55.8 Å². The van der Waals surface area contributed by atoms with Crippen LogP contribution in [0.15, 0.2) is 35.5 Å². The van der Waals surface area contributed by atoms with E-state index in [0.29, 0.717) is 13.2 Å². The summed E-state index contributed by atoms with van der Waals surface area (Å²) in [6.07, 6.45) is 4.64. The number of benzene rings is 1. The van der Waals surface area contributed by atoms with Gasteiger partial charge in [0.2, 0.25) is 11.9 Å². The zero-order valence-corrected chi connectivity index (χ0v) is 17.8. The highest BCUT2D eigenvalue weighted by Crippen LogP contribution is 2.30. The zero-order chi connectivity index (χ0) is 20.1. The van der Waals surface area contributed by atoms with Gasteiger partial charge < -0.3 is 14.5 Å². The molecule has 7 nitrogen and oxygen atoms in total. The lowest BCUT2D eigenvalue weighted by molar-refractivity contribution is -0.130. The second kappa shape index (κ2) is 9.63. The Hall–Kier alpha value is -2.06. The van der Waals surface area contributed by atoms with Crippen LogP contribution in [0.3, 0.4) is 0 Å². The fourth-order valence-electron chi connectivity index (χ4n) is 3.87. The van der Waals surface area contributed by atoms with Crippen LogP contribution in [0.1, 0.15) is 32.6 Å². The number of anilines is 1. The number of para-hydroxylation sites is 1. The number of thioether (sulfide) groups is 1. The molecule has 3 heterocycles. The van der Waals surface area contributed by atoms with Crippen molar-refractivity contribution in [2.45, 2.75) is 43.0 Å². The van der Waals surface area contributed by atoms with Crippen molar-refractivity contribution in [2.24, 2.45) is 0 Å². The Kier molecular flexibility index (Phi) is 6.71. The summed E-state index contributed by atoms with van der Waals surface area (Å²) in [5, 5.41) is 9.53. The number of hydrogen-bond acceptors (Lipinski definition) is 6. The van der Waals surface area contributed by atoms with Crippen LogP contribution in [-0.4, -0.2) is 70.2 Å². The topological polar surface area (TPSA) is 63.5 Å². The first-order valence-corrected chi connectivity index (χ1v) is 11.4. The molecule has 0 bridgehead atoms. The van der Waals surface area contributed by atoms with Gasteiger partial charge in [-0.15, -0.1) is 10.2 Å². The van der Waals surface area contributed by atoms with Crippen LogP contribution in [0, 0.1) is 0 Å². The van der Waals surface area contributed by atoms with E-state index >= 15 is 0 Å². The van der Waals surface area contributed by atoms with Crippen molar-refractivity contribution >= 4 is 23.6 Å². The fourth-order valence-corrected chi connectivity index (χ4v) is 4.81. The van der Waals surface area contributed by atoms with E-state index in [1.165, 1.54) is 24.6 Å². The quantitative estimate of drug-likeness (QED) is 0.700. The molecule has 2 fully saturated rings. The van der Waals surface area contributed by atoms with Gasteiger partial charge in [-0.25, -0.2) is 0 Å². The highest BCUT2D eigenvalue weighted by atomic mass is 32.2. The molecule has 0 radical (unpaired) electrons. The Morgan fingerprint density at radius 3 is 2.38 bits per heavy atom. The largest absolute Gasteiger partial charge is 0.378 e. The standard InChI is InChI=1S/C21H29N5O2S/c1-17(19(27)24-11-7-2-3-8-12-24)29-21-23-22-20(25-13-15-28-16-14-25)26(21)18-9-5-4-6-10-18/h4-6,9-10,17H,2-3,7-8,11-16H2,1H3. The Bertz CT molecular complexity index is 799. The van der Waals surface area contributed by atoms with Gasteiger partial charge in [-0.05, 0) is 31.9 Å². The molecular weight excluding hydrogens is 386 g/mol. The molecular formula is C21H29N5O2S. The molecule has 1 atom stereocenters. The van der Waals surface area contributed by atoms with E-state index in [9.17, 15) is 4.79 Å². The van der Waals surface area contributed by atoms with Crippen LogP contribution in [0.5, 0.6) is 0 Å². The van der Waals surface area contributed by atoms with Crippen molar-refractivity contribution in [3.8, 4) is 5.69 Å². The predicted molar refractivity (Wildman–Crippen MR) is 115 cm³/mol. The molecule has 0 aliphatic carbocycles. The summed E-state index contributed by atoms with van der Waals surface area (Å²) in [6, 6.07) is 10.1. The van der Waals surface area contributed by atoms with Gasteiger partial charge in [-0.3, -0.25) is 9.36 Å². The van der Waals surface area contributed by atoms with E-state index in [4.69, 9.17) is 4.74 Å². The van der Waals surface area contributed by atoms with E-state index in [1.807, 2.05) is 30.0 Å². The predicted octanol–water partition coefficient (Wildman–Crippen LogP) is 2.99. The lowest BCUT2D eigenvalue weighted by Crippen LogP contribution is -2.38. The maximum absolute atomic E-state index is 13.0. The normalized spacial score (nSPS) is 19.1. The molecule has 0 saturated carbocycles. The third-order valence-electron chi connectivity index (χ3n) is 5.47. The van der Waals surface area contributed by atoms with Gasteiger partial charge >= 0.3 is 0 Å². The van der Waals surface area contributed by atoms with Crippen LogP contribution in [0.4, 0.5) is 5.95 Å². The summed E-state index contributed by atoms with van der Waals surface area (Å²) in [5.74, 6) is 1.02. The number of carbonyl (C=O) groups is 1. The molecule has 29 heavy (non-hydrogen) atoms. The number of morpholine rings is 1. The summed E-state index contributed by atoms with van der Waals surface area (Å²) < 4.78 is 7.56. The van der Waals surface area contributed by atoms with Crippen molar-refractivity contribution in [1.82, 2.24) is 19.7 Å². The second-order valence-corrected chi connectivity index (χ2v) is 8.86. The average molecular weight is 416 g/mol. The molecule has 0 N–H and O–H groups in total. The van der Waals surface area contributed by atoms with Gasteiger partial charge in [0.25, 0.3) is 0 Å². The minimum absolute atomic E-state index is 0.197. The van der Waals surface area contributed by atoms with Gasteiger partial charge in [-0.2, -0.15) is 0 Å². The Balaban J connectivity index is 1.58. The maximum Gasteiger partial charge on any atom is 0.235 e. The second-order valence-electron chi connectivity index (χ2n) is 7.55. The molecule has 1 unspecified atom stereocenters. The first kappa shape index (κ1) is 20.2. The van der Waals surface area contributed by atoms with E-state index in [1.54, 1.807) is 0 Å². The van der Waals surface area contributed by atoms with E-state index in [2.05, 4.69) is 31.8 Å². The third-order valence-corrected chi connectivity index (χ3v) is 6.50. The summed E-state index contributed by atoms with van der Waals surface area (Å²) in [6.45, 7) is 6.68. The first-order valence-electron chi connectivity index (χ1n) is 10.5. The third kappa shape index (κ3) is 4.75. The van der Waals surface area contributed by atoms with Crippen molar-refractivity contribution in [2.75, 3.05) is 44.3 Å². The zero-order valence-electron chi connectivity index (χ0n) is 17.0. The van der Waals surface area contributed by atoms with Crippen molar-refractivity contribution in [3.05, 3.63) is 30.3 Å². The molecule has 2 saturated heterocycles. The van der Waals surface area contributed by atoms with Crippen LogP contribution in [0.25, 0.3) is 5.69 Å². The SMILES string of the molecule is CC(Sc1nnc(N2CCOCC2)n1-c1ccccc1)C(=O)N1CCCCCC1. The highest BCUT2D eigenvalue weighted by molar-refractivity contribution is 8.00. The van der Waals surface area contributed by atoms with Gasteiger partial charge in [0.15, 0.2) is 5.16 Å². The van der Waals surface area contributed by atoms with E-state index < -0.39 is 0 Å². The Morgan fingerprint density at radius 2 is 1.69 bits per heavy atom. The number of likely N-dealkylation sites (tertiary alicyclic amines) is 1. The molecule has 1 aromatic carbocycles. The lowest BCUT2D eigenvalue weighted by atomic mass is 10.2. The summed E-state index contributed by atoms with van der Waals surface area (Å²) in [4.78, 5) is 17.3. The molecule has 4 rings (SSSR count). The molecule has 1 aromatic heterocycles. The minimum atomic E-state index is -0.197. The molecule has 156 valence electrons. The van der Waals surface area contributed by atoms with Gasteiger partial charge in [0, 0.05) is 26.2 Å². The Morgan fingerprint density at radius 1 is 1.00 bits per heavy atom. The van der Waals surface area contributed by atoms with Crippen molar-refractivity contribution in [1.29, 1.82) is 0 Å². The molecule has 2 aromatic rings. The Labute approximate surface area is 176 Å². The van der Waals surface area contributed by atoms with Crippen LogP contribution < -0.4 is 4.90 Å². The van der Waals surface area contributed by atoms with Crippen LogP contribution in [0.2, 0.25) is 0 Å². The lowest BCUT2D eigenvalue weighted by Gasteiger charge is -2.28. The number of nitrogens with zero attached hydrogens (tertiary/aromatic N) is 5. The highest BCUT2D eigenvalue weighted by Gasteiger charge is 2.27. The van der Waals surface area contributed by atoms with Gasteiger partial charge in [0.05, 0.1) is 24.2 Å². The minimum Gasteiger partial charge on any atom is -0.378 e. The summed E-state index contributed by atoms with van der Waals surface area (Å²) >= 11 is 1.50. The monoisotopic (exact) mass is 415 g/mol. The van der Waals surface area contributed by atoms with Gasteiger partial charge in [-0.1, -0.05) is 42.8 Å². The summed E-state index contributed by atoms with van der Waals surface area (Å²) in [5.41, 5.74) is 1.01. The van der Waals surface area contributed by atoms with Gasteiger partial charge in [0.1, 0.15) is 0 Å². The van der Waals surface area contributed by atoms with Crippen LogP contribution in [-0.2, 0) is 9.53 Å². The van der Waals surface area contributed by atoms with E-state index in [-0.39, 0.29) is 11.2 Å². The molecule has 0 spiro atoms. The number of ether oxygens (including phenoxy) is 1. The number of aromatic nitrogens is 3. The number of carbonyl (C=O) groups excluding carboxylic acids is 1. The first-order chi connectivity index (χ1) is 14.2. The summed E-state index contributed by atoms with van der Waals surface area (Å²) in [7, 11) is 0. The van der Waals surface area contributed by atoms with Crippen molar-refractivity contribution < 1.29 is 9.53 Å². The number of rotatable bonds is 5. The number of hydrogen-bond donors (Lipinski definition) is 0. The number of amides is 1. The van der Waals surface area contributed by atoms with Crippen LogP contribution >= 0.6 is 11.8 Å². The molecule has 2 aliphatic heterocycles. The molecule has 8 heteroatoms. The smallest absolute Gasteiger partial charge is 0.235 e. The molecule has 1 amide bonds. The molecule has 2 aliphatic rings. The average Bonchev–Trinajstić information content (AvgIpc) is 2.99. The maximum atomic E-state index is 13.0. The fraction of sp³-hybridized carbons (Fsp3) is 0.571. The van der Waals surface area contributed by atoms with Crippen molar-refractivity contribution in [3.63, 3.8) is 0 Å².